The Morgan fingerprint density at radius 2 is 2.00 bits per heavy atom. The van der Waals surface area contributed by atoms with E-state index in [-0.39, 0.29) is 0 Å². The van der Waals surface area contributed by atoms with Gasteiger partial charge in [-0.2, -0.15) is 0 Å². The highest BCUT2D eigenvalue weighted by molar-refractivity contribution is 7.93. The van der Waals surface area contributed by atoms with Crippen molar-refractivity contribution in [3.8, 4) is 0 Å². The number of hydrogen-bond donors (Lipinski definition) is 1. The van der Waals surface area contributed by atoms with Crippen molar-refractivity contribution in [1.29, 1.82) is 0 Å². The van der Waals surface area contributed by atoms with E-state index in [1.54, 1.807) is 0 Å². The molecule has 1 nitrogen and oxygen atoms in total. The Kier molecular flexibility index (Phi) is 3.09. The van der Waals surface area contributed by atoms with Crippen LogP contribution in [0.4, 0.5) is 0 Å². The second-order valence-corrected chi connectivity index (χ2v) is 3.97. The third-order valence-corrected chi connectivity index (χ3v) is 3.02. The minimum Gasteiger partial charge on any atom is -0.325 e. The van der Waals surface area contributed by atoms with E-state index in [9.17, 15) is 4.55 Å². The fourth-order valence-electron chi connectivity index (χ4n) is 1.76. The van der Waals surface area contributed by atoms with Crippen molar-refractivity contribution in [2.75, 3.05) is 0 Å². The first-order valence-corrected chi connectivity index (χ1v) is 5.57. The van der Waals surface area contributed by atoms with Gasteiger partial charge in [0, 0.05) is 16.9 Å². The molecule has 2 aromatic carbocycles. The van der Waals surface area contributed by atoms with Gasteiger partial charge in [0.25, 0.3) is 0 Å². The van der Waals surface area contributed by atoms with Crippen LogP contribution in [0.15, 0.2) is 53.9 Å². The zero-order valence-electron chi connectivity index (χ0n) is 8.31. The molecule has 0 radical (unpaired) electrons. The Bertz CT molecular complexity index is 491. The second-order valence-electron chi connectivity index (χ2n) is 3.35. The van der Waals surface area contributed by atoms with Gasteiger partial charge in [0.1, 0.15) is 0 Å². The summed E-state index contributed by atoms with van der Waals surface area (Å²) < 4.78 is 9.19. The quantitative estimate of drug-likeness (QED) is 0.615. The summed E-state index contributed by atoms with van der Waals surface area (Å²) in [6.45, 7) is 3.75. The maximum absolute atomic E-state index is 9.19. The first-order chi connectivity index (χ1) is 7.36. The Hall–Kier alpha value is -1.25. The van der Waals surface area contributed by atoms with Crippen molar-refractivity contribution in [3.05, 3.63) is 54.6 Å². The molecule has 0 aliphatic carbocycles. The molecule has 0 aliphatic heterocycles. The number of benzene rings is 2. The number of rotatable bonds is 3. The molecule has 0 unspecified atom stereocenters. The molecule has 0 aliphatic rings. The van der Waals surface area contributed by atoms with Crippen LogP contribution < -0.4 is 0 Å². The Balaban J connectivity index is 2.72. The van der Waals surface area contributed by atoms with Crippen molar-refractivity contribution < 1.29 is 4.55 Å². The molecule has 0 bridgehead atoms. The van der Waals surface area contributed by atoms with Gasteiger partial charge in [-0.3, -0.25) is 0 Å². The summed E-state index contributed by atoms with van der Waals surface area (Å²) in [4.78, 5) is 0.911. The molecule has 0 saturated carbocycles. The monoisotopic (exact) mass is 216 g/mol. The van der Waals surface area contributed by atoms with E-state index < -0.39 is 0 Å². The number of hydrogen-bond acceptors (Lipinski definition) is 2. The molecule has 0 atom stereocenters. The molecular weight excluding hydrogens is 204 g/mol. The normalized spacial score (nSPS) is 10.5. The van der Waals surface area contributed by atoms with Gasteiger partial charge >= 0.3 is 0 Å². The standard InChI is InChI=1S/C13H12OS/c1-2-5-12-11-7-4-3-6-10(11)8-9-13(12)15-14/h2-4,6-9,14H,1,5H2. The van der Waals surface area contributed by atoms with Crippen LogP contribution in [-0.2, 0) is 6.42 Å². The van der Waals surface area contributed by atoms with E-state index in [0.29, 0.717) is 0 Å². The van der Waals surface area contributed by atoms with Gasteiger partial charge in [0.2, 0.25) is 0 Å². The summed E-state index contributed by atoms with van der Waals surface area (Å²) in [5, 5.41) is 2.39. The lowest BCUT2D eigenvalue weighted by molar-refractivity contribution is 0.663. The highest BCUT2D eigenvalue weighted by atomic mass is 32.2. The van der Waals surface area contributed by atoms with E-state index in [1.807, 2.05) is 30.3 Å². The summed E-state index contributed by atoms with van der Waals surface area (Å²) in [5.41, 5.74) is 1.15. The van der Waals surface area contributed by atoms with Crippen LogP contribution in [-0.4, -0.2) is 4.55 Å². The molecule has 2 rings (SSSR count). The minimum absolute atomic E-state index is 0.782. The Morgan fingerprint density at radius 1 is 1.20 bits per heavy atom. The molecular formula is C13H12OS. The molecule has 0 saturated heterocycles. The highest BCUT2D eigenvalue weighted by Gasteiger charge is 2.05. The lowest BCUT2D eigenvalue weighted by Crippen LogP contribution is -1.88. The van der Waals surface area contributed by atoms with Crippen LogP contribution >= 0.6 is 12.0 Å². The number of allylic oxidation sites excluding steroid dienone is 1. The van der Waals surface area contributed by atoms with Crippen molar-refractivity contribution in [1.82, 2.24) is 0 Å². The maximum atomic E-state index is 9.19. The third kappa shape index (κ3) is 1.91. The Labute approximate surface area is 93.6 Å². The van der Waals surface area contributed by atoms with Crippen LogP contribution in [0.5, 0.6) is 0 Å². The molecule has 76 valence electrons. The summed E-state index contributed by atoms with van der Waals surface area (Å²) >= 11 is 0.802. The summed E-state index contributed by atoms with van der Waals surface area (Å²) in [5.74, 6) is 0. The predicted molar refractivity (Wildman–Crippen MR) is 66.3 cm³/mol. The van der Waals surface area contributed by atoms with Gasteiger partial charge in [0.05, 0.1) is 0 Å². The second kappa shape index (κ2) is 4.51. The van der Waals surface area contributed by atoms with E-state index in [0.717, 1.165) is 28.9 Å². The predicted octanol–water partition coefficient (Wildman–Crippen LogP) is 4.13. The van der Waals surface area contributed by atoms with E-state index in [1.165, 1.54) is 10.8 Å². The summed E-state index contributed by atoms with van der Waals surface area (Å²) in [6, 6.07) is 12.2. The molecule has 1 N–H and O–H groups in total. The fourth-order valence-corrected chi connectivity index (χ4v) is 2.19. The van der Waals surface area contributed by atoms with Gasteiger partial charge in [-0.15, -0.1) is 6.58 Å². The van der Waals surface area contributed by atoms with Gasteiger partial charge in [-0.25, -0.2) is 0 Å². The first-order valence-electron chi connectivity index (χ1n) is 4.79. The molecule has 0 heterocycles. The van der Waals surface area contributed by atoms with Crippen molar-refractivity contribution in [3.63, 3.8) is 0 Å². The number of fused-ring (bicyclic) bond motifs is 1. The van der Waals surface area contributed by atoms with Crippen LogP contribution in [0.25, 0.3) is 10.8 Å². The third-order valence-electron chi connectivity index (χ3n) is 2.44. The first kappa shape index (κ1) is 10.3. The van der Waals surface area contributed by atoms with Gasteiger partial charge < -0.3 is 4.55 Å². The molecule has 2 heteroatoms. The fraction of sp³-hybridized carbons (Fsp3) is 0.0769. The van der Waals surface area contributed by atoms with Crippen LogP contribution in [0.3, 0.4) is 0 Å². The Morgan fingerprint density at radius 3 is 2.73 bits per heavy atom. The lowest BCUT2D eigenvalue weighted by atomic mass is 10.0. The average molecular weight is 216 g/mol. The molecule has 0 aromatic heterocycles. The van der Waals surface area contributed by atoms with Gasteiger partial charge in [0.15, 0.2) is 0 Å². The molecule has 0 amide bonds. The van der Waals surface area contributed by atoms with Crippen LogP contribution in [0.2, 0.25) is 0 Å². The highest BCUT2D eigenvalue weighted by Crippen LogP contribution is 2.28. The molecule has 2 aromatic rings. The topological polar surface area (TPSA) is 20.2 Å². The average Bonchev–Trinajstić information content (AvgIpc) is 2.30. The van der Waals surface area contributed by atoms with Crippen molar-refractivity contribution in [2.24, 2.45) is 0 Å². The SMILES string of the molecule is C=CCc1c(SO)ccc2ccccc12. The lowest BCUT2D eigenvalue weighted by Gasteiger charge is -2.08. The van der Waals surface area contributed by atoms with E-state index in [2.05, 4.69) is 18.7 Å². The van der Waals surface area contributed by atoms with E-state index >= 15 is 0 Å². The van der Waals surface area contributed by atoms with E-state index in [4.69, 9.17) is 0 Å². The van der Waals surface area contributed by atoms with Crippen LogP contribution in [0.1, 0.15) is 5.56 Å². The molecule has 0 spiro atoms. The van der Waals surface area contributed by atoms with Crippen molar-refractivity contribution >= 4 is 22.8 Å². The zero-order valence-corrected chi connectivity index (χ0v) is 9.13. The smallest absolute Gasteiger partial charge is 0.0392 e. The maximum Gasteiger partial charge on any atom is 0.0392 e. The summed E-state index contributed by atoms with van der Waals surface area (Å²) in [7, 11) is 0. The molecule has 15 heavy (non-hydrogen) atoms. The van der Waals surface area contributed by atoms with Gasteiger partial charge in [-0.1, -0.05) is 36.4 Å². The van der Waals surface area contributed by atoms with Crippen molar-refractivity contribution in [2.45, 2.75) is 11.3 Å². The largest absolute Gasteiger partial charge is 0.325 e. The zero-order chi connectivity index (χ0) is 10.7. The van der Waals surface area contributed by atoms with Crippen LogP contribution in [0, 0.1) is 0 Å². The summed E-state index contributed by atoms with van der Waals surface area (Å²) in [6.07, 6.45) is 2.64. The minimum atomic E-state index is 0.782. The molecule has 0 fully saturated rings. The van der Waals surface area contributed by atoms with Gasteiger partial charge in [-0.05, 0) is 28.8 Å².